The molecule has 2 fully saturated rings. The number of rotatable bonds is 3. The van der Waals surface area contributed by atoms with Gasteiger partial charge in [0.1, 0.15) is 0 Å². The van der Waals surface area contributed by atoms with Gasteiger partial charge in [-0.15, -0.1) is 0 Å². The molecule has 0 bridgehead atoms. The third kappa shape index (κ3) is 2.03. The average molecular weight is 218 g/mol. The molecule has 0 aliphatic carbocycles. The molecule has 1 N–H and O–H groups in total. The lowest BCUT2D eigenvalue weighted by molar-refractivity contribution is 0.100. The largest absolute Gasteiger partial charge is 0.394 e. The van der Waals surface area contributed by atoms with Crippen LogP contribution in [0.3, 0.4) is 0 Å². The highest BCUT2D eigenvalue weighted by Gasteiger charge is 2.46. The summed E-state index contributed by atoms with van der Waals surface area (Å²) < 4.78 is 24.0. The summed E-state index contributed by atoms with van der Waals surface area (Å²) in [4.78, 5) is 6.09. The van der Waals surface area contributed by atoms with E-state index < -0.39 is 13.0 Å². The molecule has 0 aromatic carbocycles. The quantitative estimate of drug-likeness (QED) is 0.764. The van der Waals surface area contributed by atoms with E-state index in [2.05, 4.69) is 9.89 Å². The van der Waals surface area contributed by atoms with Crippen molar-refractivity contribution in [2.24, 2.45) is 4.99 Å². The van der Waals surface area contributed by atoms with E-state index in [1.54, 1.807) is 0 Å². The molecule has 2 aliphatic heterocycles. The maximum atomic E-state index is 12.0. The average Bonchev–Trinajstić information content (AvgIpc) is 2.70. The maximum Gasteiger partial charge on any atom is 0.257 e. The summed E-state index contributed by atoms with van der Waals surface area (Å²) in [5.41, 5.74) is 0.644. The molecule has 1 atom stereocenters. The molecule has 0 saturated carbocycles. The third-order valence-corrected chi connectivity index (χ3v) is 3.39. The van der Waals surface area contributed by atoms with Gasteiger partial charge in [0.2, 0.25) is 0 Å². The topological polar surface area (TPSA) is 35.8 Å². The van der Waals surface area contributed by atoms with E-state index in [1.165, 1.54) is 0 Å². The van der Waals surface area contributed by atoms with Crippen LogP contribution >= 0.6 is 0 Å². The summed E-state index contributed by atoms with van der Waals surface area (Å²) in [5, 5.41) is 9.38. The van der Waals surface area contributed by atoms with Gasteiger partial charge in [0.15, 0.2) is 0 Å². The molecule has 1 unspecified atom stereocenters. The summed E-state index contributed by atoms with van der Waals surface area (Å²) in [6, 6.07) is 0. The van der Waals surface area contributed by atoms with Crippen molar-refractivity contribution in [3.8, 4) is 0 Å². The van der Waals surface area contributed by atoms with Crippen molar-refractivity contribution in [1.82, 2.24) is 4.90 Å². The molecule has 2 heterocycles. The van der Waals surface area contributed by atoms with Gasteiger partial charge in [-0.1, -0.05) is 0 Å². The van der Waals surface area contributed by atoms with Gasteiger partial charge in [-0.25, -0.2) is 8.78 Å². The van der Waals surface area contributed by atoms with E-state index in [0.717, 1.165) is 25.1 Å². The fraction of sp³-hybridized carbons (Fsp3) is 0.900. The van der Waals surface area contributed by atoms with Crippen LogP contribution in [0.25, 0.3) is 0 Å². The first kappa shape index (κ1) is 11.0. The molecule has 5 heteroatoms. The highest BCUT2D eigenvalue weighted by molar-refractivity contribution is 5.90. The number of aliphatic imine (C=N–C) groups is 1. The molecule has 0 radical (unpaired) electrons. The Morgan fingerprint density at radius 1 is 1.53 bits per heavy atom. The minimum absolute atomic E-state index is 0.112. The lowest BCUT2D eigenvalue weighted by atomic mass is 9.95. The molecule has 0 aromatic heterocycles. The zero-order valence-corrected chi connectivity index (χ0v) is 8.62. The number of aliphatic hydroxyl groups excluding tert-OH is 1. The predicted octanol–water partition coefficient (Wildman–Crippen LogP) is 0.923. The highest BCUT2D eigenvalue weighted by Crippen LogP contribution is 2.37. The monoisotopic (exact) mass is 218 g/mol. The Kier molecular flexibility index (Phi) is 3.02. The zero-order chi connectivity index (χ0) is 10.9. The molecule has 2 aliphatic rings. The number of alkyl halides is 2. The minimum atomic E-state index is -2.36. The van der Waals surface area contributed by atoms with Gasteiger partial charge in [0, 0.05) is 24.2 Å². The maximum absolute atomic E-state index is 12.0. The summed E-state index contributed by atoms with van der Waals surface area (Å²) in [6.07, 6.45) is 0.342. The minimum Gasteiger partial charge on any atom is -0.394 e. The Hall–Kier alpha value is -0.550. The van der Waals surface area contributed by atoms with Crippen LogP contribution in [0, 0.1) is 0 Å². The smallest absolute Gasteiger partial charge is 0.257 e. The SMILES string of the molecule is OCC12CCCN1CC(=NCC(F)F)C2. The number of hydrogen-bond acceptors (Lipinski definition) is 3. The summed E-state index contributed by atoms with van der Waals surface area (Å²) in [7, 11) is 0. The molecule has 0 aromatic rings. The standard InChI is InChI=1S/C10H16F2N2O/c11-9(12)5-13-8-4-10(7-15)2-1-3-14(10)6-8/h9,15H,1-7H2. The third-order valence-electron chi connectivity index (χ3n) is 3.39. The predicted molar refractivity (Wildman–Crippen MR) is 53.5 cm³/mol. The zero-order valence-electron chi connectivity index (χ0n) is 8.62. The van der Waals surface area contributed by atoms with Crippen LogP contribution in [0.15, 0.2) is 4.99 Å². The Bertz CT molecular complexity index is 270. The second kappa shape index (κ2) is 4.14. The van der Waals surface area contributed by atoms with Crippen molar-refractivity contribution >= 4 is 5.71 Å². The van der Waals surface area contributed by atoms with Crippen molar-refractivity contribution < 1.29 is 13.9 Å². The van der Waals surface area contributed by atoms with Crippen molar-refractivity contribution in [2.75, 3.05) is 26.2 Å². The highest BCUT2D eigenvalue weighted by atomic mass is 19.3. The lowest BCUT2D eigenvalue weighted by Gasteiger charge is -2.28. The second-order valence-corrected chi connectivity index (χ2v) is 4.38. The van der Waals surface area contributed by atoms with Crippen LogP contribution in [-0.4, -0.2) is 53.9 Å². The molecular weight excluding hydrogens is 202 g/mol. The van der Waals surface area contributed by atoms with Gasteiger partial charge in [0.25, 0.3) is 6.43 Å². The van der Waals surface area contributed by atoms with E-state index in [-0.39, 0.29) is 12.1 Å². The van der Waals surface area contributed by atoms with Crippen LogP contribution in [0.1, 0.15) is 19.3 Å². The van der Waals surface area contributed by atoms with Crippen LogP contribution < -0.4 is 0 Å². The number of aliphatic hydroxyl groups is 1. The Morgan fingerprint density at radius 3 is 2.93 bits per heavy atom. The molecule has 3 nitrogen and oxygen atoms in total. The Morgan fingerprint density at radius 2 is 2.33 bits per heavy atom. The molecule has 15 heavy (non-hydrogen) atoms. The fourth-order valence-electron chi connectivity index (χ4n) is 2.64. The Balaban J connectivity index is 2.02. The van der Waals surface area contributed by atoms with Crippen LogP contribution in [0.4, 0.5) is 8.78 Å². The van der Waals surface area contributed by atoms with Crippen molar-refractivity contribution in [3.05, 3.63) is 0 Å². The molecule has 86 valence electrons. The molecular formula is C10H16F2N2O. The van der Waals surface area contributed by atoms with Gasteiger partial charge < -0.3 is 5.11 Å². The van der Waals surface area contributed by atoms with Crippen molar-refractivity contribution in [2.45, 2.75) is 31.2 Å². The first-order valence-corrected chi connectivity index (χ1v) is 5.32. The van der Waals surface area contributed by atoms with Crippen LogP contribution in [0.2, 0.25) is 0 Å². The first-order chi connectivity index (χ1) is 7.16. The number of halogens is 2. The van der Waals surface area contributed by atoms with E-state index in [0.29, 0.717) is 13.0 Å². The molecule has 2 saturated heterocycles. The van der Waals surface area contributed by atoms with Gasteiger partial charge in [-0.2, -0.15) is 0 Å². The van der Waals surface area contributed by atoms with Crippen LogP contribution in [-0.2, 0) is 0 Å². The van der Waals surface area contributed by atoms with E-state index in [1.807, 2.05) is 0 Å². The summed E-state index contributed by atoms with van der Waals surface area (Å²) in [5.74, 6) is 0. The molecule has 0 spiro atoms. The molecule has 0 amide bonds. The lowest BCUT2D eigenvalue weighted by Crippen LogP contribution is -2.41. The fourth-order valence-corrected chi connectivity index (χ4v) is 2.64. The second-order valence-electron chi connectivity index (χ2n) is 4.38. The number of fused-ring (bicyclic) bond motifs is 1. The van der Waals surface area contributed by atoms with Crippen molar-refractivity contribution in [1.29, 1.82) is 0 Å². The normalized spacial score (nSPS) is 34.3. The summed E-state index contributed by atoms with van der Waals surface area (Å²) in [6.45, 7) is 1.33. The van der Waals surface area contributed by atoms with Crippen LogP contribution in [0.5, 0.6) is 0 Å². The van der Waals surface area contributed by atoms with E-state index in [9.17, 15) is 13.9 Å². The number of nitrogens with zero attached hydrogens (tertiary/aromatic N) is 2. The van der Waals surface area contributed by atoms with Gasteiger partial charge >= 0.3 is 0 Å². The first-order valence-electron chi connectivity index (χ1n) is 5.32. The molecule has 2 rings (SSSR count). The summed E-state index contributed by atoms with van der Waals surface area (Å²) >= 11 is 0. The van der Waals surface area contributed by atoms with E-state index in [4.69, 9.17) is 0 Å². The van der Waals surface area contributed by atoms with E-state index >= 15 is 0 Å². The Labute approximate surface area is 87.8 Å². The van der Waals surface area contributed by atoms with Crippen molar-refractivity contribution in [3.63, 3.8) is 0 Å². The van der Waals surface area contributed by atoms with Gasteiger partial charge in [-0.05, 0) is 19.4 Å². The van der Waals surface area contributed by atoms with Gasteiger partial charge in [0.05, 0.1) is 13.2 Å². The van der Waals surface area contributed by atoms with Gasteiger partial charge in [-0.3, -0.25) is 9.89 Å². The number of hydrogen-bond donors (Lipinski definition) is 1.